The molecule has 1 unspecified atom stereocenters. The first-order chi connectivity index (χ1) is 11.9. The van der Waals surface area contributed by atoms with Gasteiger partial charge in [-0.3, -0.25) is 0 Å². The molecule has 6 nitrogen and oxygen atoms in total. The second-order valence-corrected chi connectivity index (χ2v) is 8.55. The molecular weight excluding hydrogens is 362 g/mol. The van der Waals surface area contributed by atoms with Crippen LogP contribution in [0.5, 0.6) is 6.01 Å². The zero-order valence-electron chi connectivity index (χ0n) is 13.9. The molecule has 0 amide bonds. The maximum atomic E-state index is 12.8. The highest BCUT2D eigenvalue weighted by molar-refractivity contribution is 7.89. The summed E-state index contributed by atoms with van der Waals surface area (Å²) < 4.78 is 32.7. The first kappa shape index (κ1) is 18.1. The van der Waals surface area contributed by atoms with E-state index in [1.54, 1.807) is 24.5 Å². The number of piperidine rings is 1. The molecule has 8 heteroatoms. The Hall–Kier alpha value is -1.70. The molecule has 134 valence electrons. The average Bonchev–Trinajstić information content (AvgIpc) is 2.62. The molecule has 0 radical (unpaired) electrons. The Morgan fingerprint density at radius 2 is 1.92 bits per heavy atom. The van der Waals surface area contributed by atoms with Gasteiger partial charge in [-0.2, -0.15) is 4.31 Å². The van der Waals surface area contributed by atoms with Crippen molar-refractivity contribution in [3.8, 4) is 6.01 Å². The molecule has 0 N–H and O–H groups in total. The van der Waals surface area contributed by atoms with Gasteiger partial charge in [0.25, 0.3) is 0 Å². The summed E-state index contributed by atoms with van der Waals surface area (Å²) in [5, 5.41) is 0.516. The Morgan fingerprint density at radius 3 is 2.60 bits per heavy atom. The van der Waals surface area contributed by atoms with Crippen LogP contribution in [0.4, 0.5) is 0 Å². The lowest BCUT2D eigenvalue weighted by Gasteiger charge is -2.31. The van der Waals surface area contributed by atoms with Crippen LogP contribution in [-0.2, 0) is 10.0 Å². The fourth-order valence-corrected chi connectivity index (χ4v) is 4.47. The number of ether oxygens (including phenoxy) is 1. The Bertz CT molecular complexity index is 810. The molecule has 3 rings (SSSR count). The summed E-state index contributed by atoms with van der Waals surface area (Å²) in [4.78, 5) is 8.48. The number of rotatable bonds is 5. The number of hydrogen-bond donors (Lipinski definition) is 0. The number of benzene rings is 1. The summed E-state index contributed by atoms with van der Waals surface area (Å²) in [6.45, 7) is 3.25. The minimum atomic E-state index is -3.51. The van der Waals surface area contributed by atoms with E-state index in [9.17, 15) is 8.42 Å². The lowest BCUT2D eigenvalue weighted by molar-refractivity contribution is 0.171. The smallest absolute Gasteiger partial charge is 0.316 e. The van der Waals surface area contributed by atoms with Gasteiger partial charge in [-0.15, -0.1) is 0 Å². The third-order valence-electron chi connectivity index (χ3n) is 4.14. The Balaban J connectivity index is 1.64. The van der Waals surface area contributed by atoms with Crippen LogP contribution < -0.4 is 4.74 Å². The van der Waals surface area contributed by atoms with Crippen molar-refractivity contribution < 1.29 is 13.2 Å². The normalized spacial score (nSPS) is 18.9. The molecule has 1 atom stereocenters. The lowest BCUT2D eigenvalue weighted by atomic mass is 10.0. The third kappa shape index (κ3) is 4.48. The molecule has 1 aromatic carbocycles. The summed E-state index contributed by atoms with van der Waals surface area (Å²) in [5.74, 6) is 0.112. The number of aryl methyl sites for hydroxylation is 1. The van der Waals surface area contributed by atoms with Crippen molar-refractivity contribution in [1.82, 2.24) is 14.3 Å². The summed E-state index contributed by atoms with van der Waals surface area (Å²) in [5.41, 5.74) is 0.963. The summed E-state index contributed by atoms with van der Waals surface area (Å²) in [6.07, 6.45) is 5.11. The largest absolute Gasteiger partial charge is 0.463 e. The first-order valence-electron chi connectivity index (χ1n) is 8.12. The van der Waals surface area contributed by atoms with E-state index in [1.807, 2.05) is 6.92 Å². The second kappa shape index (κ2) is 7.68. The number of sulfonamides is 1. The van der Waals surface area contributed by atoms with Gasteiger partial charge in [-0.25, -0.2) is 18.4 Å². The predicted octanol–water partition coefficient (Wildman–Crippen LogP) is 2.92. The van der Waals surface area contributed by atoms with Crippen molar-refractivity contribution >= 4 is 21.6 Å². The minimum absolute atomic E-state index is 0.112. The highest BCUT2D eigenvalue weighted by Crippen LogP contribution is 2.25. The van der Waals surface area contributed by atoms with Gasteiger partial charge in [0.15, 0.2) is 0 Å². The van der Waals surface area contributed by atoms with Gasteiger partial charge in [0, 0.05) is 36.4 Å². The number of nitrogens with zero attached hydrogens (tertiary/aromatic N) is 3. The van der Waals surface area contributed by atoms with Crippen LogP contribution in [0.25, 0.3) is 0 Å². The molecule has 0 saturated carbocycles. The first-order valence-corrected chi connectivity index (χ1v) is 9.94. The number of halogens is 1. The molecule has 0 spiro atoms. The van der Waals surface area contributed by atoms with Gasteiger partial charge in [0.1, 0.15) is 0 Å². The second-order valence-electron chi connectivity index (χ2n) is 6.18. The van der Waals surface area contributed by atoms with Crippen molar-refractivity contribution in [2.45, 2.75) is 24.7 Å². The van der Waals surface area contributed by atoms with E-state index < -0.39 is 10.0 Å². The van der Waals surface area contributed by atoms with Crippen LogP contribution in [-0.4, -0.2) is 42.4 Å². The fraction of sp³-hybridized carbons (Fsp3) is 0.412. The topological polar surface area (TPSA) is 72.4 Å². The standard InChI is InChI=1S/C17H20ClN3O3S/c1-13-9-19-17(20-10-13)24-12-14-3-2-8-21(11-14)25(22,23)16-6-4-15(18)5-7-16/h4-7,9-10,14H,2-3,8,11-12H2,1H3. The van der Waals surface area contributed by atoms with Crippen LogP contribution >= 0.6 is 11.6 Å². The number of aromatic nitrogens is 2. The van der Waals surface area contributed by atoms with E-state index in [0.29, 0.717) is 30.7 Å². The van der Waals surface area contributed by atoms with Crippen LogP contribution in [0.15, 0.2) is 41.6 Å². The maximum Gasteiger partial charge on any atom is 0.316 e. The van der Waals surface area contributed by atoms with Crippen molar-refractivity contribution in [2.24, 2.45) is 5.92 Å². The predicted molar refractivity (Wildman–Crippen MR) is 95.2 cm³/mol. The van der Waals surface area contributed by atoms with E-state index in [2.05, 4.69) is 9.97 Å². The molecule has 1 aliphatic heterocycles. The molecule has 2 aromatic rings. The molecule has 1 fully saturated rings. The fourth-order valence-electron chi connectivity index (χ4n) is 2.78. The molecule has 1 aromatic heterocycles. The van der Waals surface area contributed by atoms with Crippen molar-refractivity contribution in [2.75, 3.05) is 19.7 Å². The van der Waals surface area contributed by atoms with Crippen LogP contribution in [0.3, 0.4) is 0 Å². The lowest BCUT2D eigenvalue weighted by Crippen LogP contribution is -2.41. The Kier molecular flexibility index (Phi) is 5.56. The SMILES string of the molecule is Cc1cnc(OCC2CCCN(S(=O)(=O)c3ccc(Cl)cc3)C2)nc1. The van der Waals surface area contributed by atoms with E-state index in [-0.39, 0.29) is 10.8 Å². The average molecular weight is 382 g/mol. The highest BCUT2D eigenvalue weighted by atomic mass is 35.5. The van der Waals surface area contributed by atoms with Crippen molar-refractivity contribution in [3.63, 3.8) is 0 Å². The molecule has 0 aliphatic carbocycles. The quantitative estimate of drug-likeness (QED) is 0.796. The van der Waals surface area contributed by atoms with Crippen molar-refractivity contribution in [1.29, 1.82) is 0 Å². The van der Waals surface area contributed by atoms with Gasteiger partial charge >= 0.3 is 6.01 Å². The molecule has 0 bridgehead atoms. The zero-order valence-corrected chi connectivity index (χ0v) is 15.5. The van der Waals surface area contributed by atoms with Gasteiger partial charge in [0.05, 0.1) is 11.5 Å². The summed E-state index contributed by atoms with van der Waals surface area (Å²) in [6, 6.07) is 6.58. The molecule has 1 saturated heterocycles. The van der Waals surface area contributed by atoms with Gasteiger partial charge in [-0.05, 0) is 49.6 Å². The third-order valence-corrected chi connectivity index (χ3v) is 6.27. The zero-order chi connectivity index (χ0) is 17.9. The van der Waals surface area contributed by atoms with Crippen LogP contribution in [0, 0.1) is 12.8 Å². The van der Waals surface area contributed by atoms with E-state index in [1.165, 1.54) is 16.4 Å². The highest BCUT2D eigenvalue weighted by Gasteiger charge is 2.30. The maximum absolute atomic E-state index is 12.8. The van der Waals surface area contributed by atoms with Gasteiger partial charge in [0.2, 0.25) is 10.0 Å². The Labute approximate surface area is 152 Å². The van der Waals surface area contributed by atoms with Gasteiger partial charge in [-0.1, -0.05) is 11.6 Å². The number of hydrogen-bond acceptors (Lipinski definition) is 5. The monoisotopic (exact) mass is 381 g/mol. The molecule has 1 aliphatic rings. The minimum Gasteiger partial charge on any atom is -0.463 e. The van der Waals surface area contributed by atoms with E-state index in [0.717, 1.165) is 18.4 Å². The van der Waals surface area contributed by atoms with Crippen LogP contribution in [0.1, 0.15) is 18.4 Å². The molecular formula is C17H20ClN3O3S. The molecule has 2 heterocycles. The molecule has 25 heavy (non-hydrogen) atoms. The van der Waals surface area contributed by atoms with E-state index >= 15 is 0 Å². The van der Waals surface area contributed by atoms with Crippen LogP contribution in [0.2, 0.25) is 5.02 Å². The Morgan fingerprint density at radius 1 is 1.24 bits per heavy atom. The van der Waals surface area contributed by atoms with Gasteiger partial charge < -0.3 is 4.74 Å². The summed E-state index contributed by atoms with van der Waals surface area (Å²) >= 11 is 5.84. The van der Waals surface area contributed by atoms with E-state index in [4.69, 9.17) is 16.3 Å². The van der Waals surface area contributed by atoms with Crippen molar-refractivity contribution in [3.05, 3.63) is 47.2 Å². The summed E-state index contributed by atoms with van der Waals surface area (Å²) in [7, 11) is -3.51.